The lowest BCUT2D eigenvalue weighted by Gasteiger charge is -2.26. The normalized spacial score (nSPS) is 14.1. The van der Waals surface area contributed by atoms with Gasteiger partial charge >= 0.3 is 0 Å². The van der Waals surface area contributed by atoms with Crippen LogP contribution < -0.4 is 5.32 Å². The molecule has 4 aromatic rings. The molecule has 8 nitrogen and oxygen atoms in total. The molecule has 3 aromatic heterocycles. The van der Waals surface area contributed by atoms with E-state index in [1.165, 1.54) is 12.1 Å². The Morgan fingerprint density at radius 1 is 1.13 bits per heavy atom. The fourth-order valence-electron chi connectivity index (χ4n) is 3.67. The Hall–Kier alpha value is -3.24. The van der Waals surface area contributed by atoms with Gasteiger partial charge in [-0.1, -0.05) is 11.9 Å². The lowest BCUT2D eigenvalue weighted by atomic mass is 10.1. The van der Waals surface area contributed by atoms with Gasteiger partial charge < -0.3 is 9.88 Å². The van der Waals surface area contributed by atoms with Gasteiger partial charge in [0.2, 0.25) is 6.41 Å². The van der Waals surface area contributed by atoms with E-state index >= 15 is 0 Å². The van der Waals surface area contributed by atoms with Gasteiger partial charge in [-0.05, 0) is 42.7 Å². The first-order valence-electron chi connectivity index (χ1n) is 9.37. The molecule has 0 bridgehead atoms. The zero-order valence-corrected chi connectivity index (χ0v) is 16.9. The summed E-state index contributed by atoms with van der Waals surface area (Å²) in [4.78, 5) is 19.9. The van der Waals surface area contributed by atoms with Crippen LogP contribution >= 0.6 is 11.9 Å². The number of imidazole rings is 2. The van der Waals surface area contributed by atoms with Gasteiger partial charge in [-0.15, -0.1) is 0 Å². The average molecular weight is 423 g/mol. The summed E-state index contributed by atoms with van der Waals surface area (Å²) in [5.74, 6) is 1.09. The van der Waals surface area contributed by atoms with Crippen LogP contribution in [0.3, 0.4) is 0 Å². The summed E-state index contributed by atoms with van der Waals surface area (Å²) in [5.41, 5.74) is 3.84. The number of carbonyl (C=O) groups is 1. The number of hydrogen-bond donors (Lipinski definition) is 1. The van der Waals surface area contributed by atoms with Gasteiger partial charge in [0, 0.05) is 18.7 Å². The van der Waals surface area contributed by atoms with Crippen molar-refractivity contribution in [1.29, 1.82) is 0 Å². The van der Waals surface area contributed by atoms with Crippen molar-refractivity contribution in [3.63, 3.8) is 0 Å². The van der Waals surface area contributed by atoms with E-state index in [1.807, 2.05) is 12.1 Å². The predicted octanol–water partition coefficient (Wildman–Crippen LogP) is 3.06. The van der Waals surface area contributed by atoms with Gasteiger partial charge in [0.05, 0.1) is 24.1 Å². The minimum absolute atomic E-state index is 0.286. The minimum Gasteiger partial charge on any atom is -0.324 e. The van der Waals surface area contributed by atoms with Crippen LogP contribution in [-0.2, 0) is 17.9 Å². The van der Waals surface area contributed by atoms with Crippen molar-refractivity contribution < 1.29 is 9.18 Å². The van der Waals surface area contributed by atoms with Crippen LogP contribution in [0.1, 0.15) is 5.82 Å². The molecule has 1 N–H and O–H groups in total. The summed E-state index contributed by atoms with van der Waals surface area (Å²) in [7, 11) is 0. The molecule has 152 valence electrons. The Morgan fingerprint density at radius 3 is 2.73 bits per heavy atom. The van der Waals surface area contributed by atoms with Crippen molar-refractivity contribution in [2.24, 2.45) is 0 Å². The predicted molar refractivity (Wildman–Crippen MR) is 113 cm³/mol. The molecule has 0 saturated heterocycles. The summed E-state index contributed by atoms with van der Waals surface area (Å²) >= 11 is 1.69. The first-order valence-corrected chi connectivity index (χ1v) is 10.6. The number of halogens is 1. The van der Waals surface area contributed by atoms with Gasteiger partial charge in [-0.25, -0.2) is 23.2 Å². The highest BCUT2D eigenvalue weighted by atomic mass is 32.2. The molecule has 4 heterocycles. The molecule has 0 aliphatic carbocycles. The molecule has 1 aliphatic heterocycles. The molecule has 0 saturated carbocycles. The number of amides is 1. The molecular formula is C20H18FN7OS. The third kappa shape index (κ3) is 3.23. The van der Waals surface area contributed by atoms with E-state index in [-0.39, 0.29) is 5.82 Å². The molecule has 0 fully saturated rings. The summed E-state index contributed by atoms with van der Waals surface area (Å²) in [6.07, 6.45) is 4.30. The van der Waals surface area contributed by atoms with Crippen molar-refractivity contribution in [3.8, 4) is 22.6 Å². The highest BCUT2D eigenvalue weighted by Gasteiger charge is 2.26. The van der Waals surface area contributed by atoms with Crippen molar-refractivity contribution >= 4 is 29.8 Å². The van der Waals surface area contributed by atoms with Crippen LogP contribution in [0.5, 0.6) is 0 Å². The molecule has 0 spiro atoms. The number of aromatic nitrogens is 5. The third-order valence-electron chi connectivity index (χ3n) is 5.08. The lowest BCUT2D eigenvalue weighted by molar-refractivity contribution is -0.105. The van der Waals surface area contributed by atoms with Gasteiger partial charge in [-0.3, -0.25) is 4.79 Å². The monoisotopic (exact) mass is 423 g/mol. The Bertz CT molecular complexity index is 1230. The van der Waals surface area contributed by atoms with Crippen LogP contribution in [0.2, 0.25) is 0 Å². The molecule has 5 rings (SSSR count). The second-order valence-electron chi connectivity index (χ2n) is 6.84. The molecule has 1 aromatic carbocycles. The fourth-order valence-corrected chi connectivity index (χ4v) is 4.18. The molecule has 10 heteroatoms. The number of rotatable bonds is 5. The molecule has 30 heavy (non-hydrogen) atoms. The average Bonchev–Trinajstić information content (AvgIpc) is 3.34. The van der Waals surface area contributed by atoms with Crippen LogP contribution in [0.25, 0.3) is 28.3 Å². The highest BCUT2D eigenvalue weighted by molar-refractivity contribution is 7.96. The van der Waals surface area contributed by atoms with Crippen molar-refractivity contribution in [2.75, 3.05) is 18.1 Å². The van der Waals surface area contributed by atoms with Crippen LogP contribution in [0.4, 0.5) is 10.2 Å². The Balaban J connectivity index is 1.68. The number of benzene rings is 1. The van der Waals surface area contributed by atoms with E-state index in [0.717, 1.165) is 48.1 Å². The second kappa shape index (κ2) is 7.54. The zero-order chi connectivity index (χ0) is 20.7. The molecule has 1 amide bonds. The number of fused-ring (bicyclic) bond motifs is 2. The maximum absolute atomic E-state index is 13.5. The largest absolute Gasteiger partial charge is 0.324 e. The van der Waals surface area contributed by atoms with E-state index in [2.05, 4.69) is 25.4 Å². The van der Waals surface area contributed by atoms with Gasteiger partial charge in [-0.2, -0.15) is 5.10 Å². The Morgan fingerprint density at radius 2 is 1.97 bits per heavy atom. The highest BCUT2D eigenvalue weighted by Crippen LogP contribution is 2.34. The first kappa shape index (κ1) is 18.8. The van der Waals surface area contributed by atoms with E-state index in [0.29, 0.717) is 17.9 Å². The van der Waals surface area contributed by atoms with E-state index in [1.54, 1.807) is 34.8 Å². The molecular weight excluding hydrogens is 405 g/mol. The van der Waals surface area contributed by atoms with Crippen LogP contribution in [0.15, 0.2) is 42.6 Å². The number of nitrogens with one attached hydrogen (secondary N) is 1. The van der Waals surface area contributed by atoms with Gasteiger partial charge in [0.15, 0.2) is 11.5 Å². The topological polar surface area (TPSA) is 80.4 Å². The zero-order valence-electron chi connectivity index (χ0n) is 16.1. The van der Waals surface area contributed by atoms with Gasteiger partial charge in [0.25, 0.3) is 0 Å². The fraction of sp³-hybridized carbons (Fsp3) is 0.200. The van der Waals surface area contributed by atoms with Crippen molar-refractivity contribution in [3.05, 3.63) is 54.2 Å². The lowest BCUT2D eigenvalue weighted by Crippen LogP contribution is -2.29. The van der Waals surface area contributed by atoms with E-state index in [9.17, 15) is 9.18 Å². The summed E-state index contributed by atoms with van der Waals surface area (Å²) in [5, 5.41) is 7.26. The summed E-state index contributed by atoms with van der Waals surface area (Å²) in [6.45, 7) is 2.39. The molecule has 1 aliphatic rings. The Labute approximate surface area is 175 Å². The maximum atomic E-state index is 13.5. The quantitative estimate of drug-likeness (QED) is 0.393. The van der Waals surface area contributed by atoms with E-state index < -0.39 is 0 Å². The summed E-state index contributed by atoms with van der Waals surface area (Å²) < 4.78 is 19.6. The number of hydrogen-bond acceptors (Lipinski definition) is 6. The number of carbonyl (C=O) groups excluding carboxylic acids is 1. The standard InChI is InChI=1S/C20H18FN7OS/c1-30-26-8-9-27-18(11-26)24-19(13-2-4-14(21)5-3-13)20(27)15-6-7-17-23-16(22-12-29)10-28(17)25-15/h2-7,10,12H,8-9,11H2,1H3,(H,22,29). The third-order valence-corrected chi connectivity index (χ3v) is 5.91. The second-order valence-corrected chi connectivity index (χ2v) is 7.72. The van der Waals surface area contributed by atoms with Crippen LogP contribution in [-0.4, -0.2) is 47.7 Å². The first-order chi connectivity index (χ1) is 14.7. The number of nitrogens with zero attached hydrogens (tertiary/aromatic N) is 6. The summed E-state index contributed by atoms with van der Waals surface area (Å²) in [6, 6.07) is 10.1. The molecule has 0 unspecified atom stereocenters. The SMILES string of the molecule is CSN1CCn2c(nc(-c3ccc(F)cc3)c2-c2ccc3nc(NC=O)cn3n2)C1. The van der Waals surface area contributed by atoms with Crippen molar-refractivity contribution in [1.82, 2.24) is 28.5 Å². The Kier molecular flexibility index (Phi) is 4.72. The molecule has 0 atom stereocenters. The van der Waals surface area contributed by atoms with E-state index in [4.69, 9.17) is 10.1 Å². The number of anilines is 1. The van der Waals surface area contributed by atoms with Gasteiger partial charge in [0.1, 0.15) is 17.3 Å². The maximum Gasteiger partial charge on any atom is 0.212 e. The van der Waals surface area contributed by atoms with Crippen molar-refractivity contribution in [2.45, 2.75) is 13.1 Å². The smallest absolute Gasteiger partial charge is 0.212 e. The minimum atomic E-state index is -0.286. The molecule has 0 radical (unpaired) electrons. The van der Waals surface area contributed by atoms with Crippen LogP contribution in [0, 0.1) is 5.82 Å².